The molecule has 0 saturated heterocycles. The first kappa shape index (κ1) is 20.0. The Morgan fingerprint density at radius 2 is 1.06 bits per heavy atom. The molecule has 4 heteroatoms. The quantitative estimate of drug-likeness (QED) is 0.717. The molecule has 1 aromatic carbocycles. The van der Waals surface area contributed by atoms with Gasteiger partial charge >= 0.3 is 0 Å². The fraction of sp³-hybridized carbons (Fsp3) is 0.571. The normalized spacial score (nSPS) is 9.44. The van der Waals surface area contributed by atoms with Crippen LogP contribution < -0.4 is 10.6 Å². The van der Waals surface area contributed by atoms with Crippen molar-refractivity contribution in [1.82, 2.24) is 10.6 Å². The van der Waals surface area contributed by atoms with E-state index in [1.54, 1.807) is 0 Å². The zero-order valence-corrected chi connectivity index (χ0v) is 13.0. The van der Waals surface area contributed by atoms with Crippen LogP contribution in [0.15, 0.2) is 24.3 Å². The highest BCUT2D eigenvalue weighted by molar-refractivity contribution is 5.85. The van der Waals surface area contributed by atoms with Gasteiger partial charge in [0, 0.05) is 13.1 Å². The summed E-state index contributed by atoms with van der Waals surface area (Å²) in [6.45, 7) is 8.54. The van der Waals surface area contributed by atoms with Crippen molar-refractivity contribution >= 4 is 24.8 Å². The third-order valence-electron chi connectivity index (χ3n) is 2.53. The molecule has 2 N–H and O–H groups in total. The fourth-order valence-electron chi connectivity index (χ4n) is 1.59. The zero-order chi connectivity index (χ0) is 11.6. The molecule has 0 fully saturated rings. The summed E-state index contributed by atoms with van der Waals surface area (Å²) < 4.78 is 0. The Hall–Kier alpha value is -0.280. The molecule has 106 valence electrons. The van der Waals surface area contributed by atoms with Gasteiger partial charge in [0.25, 0.3) is 0 Å². The first-order valence-electron chi connectivity index (χ1n) is 6.36. The number of nitrogens with one attached hydrogen (secondary N) is 2. The maximum absolute atomic E-state index is 3.41. The predicted octanol–water partition coefficient (Wildman–Crippen LogP) is 3.53. The van der Waals surface area contributed by atoms with Gasteiger partial charge in [0.15, 0.2) is 0 Å². The first-order valence-corrected chi connectivity index (χ1v) is 6.36. The maximum atomic E-state index is 3.41. The fourth-order valence-corrected chi connectivity index (χ4v) is 1.59. The molecule has 0 aliphatic heterocycles. The van der Waals surface area contributed by atoms with E-state index in [0.717, 1.165) is 26.2 Å². The lowest BCUT2D eigenvalue weighted by Crippen LogP contribution is -2.15. The summed E-state index contributed by atoms with van der Waals surface area (Å²) in [6.07, 6.45) is 2.39. The van der Waals surface area contributed by atoms with Crippen LogP contribution in [0.25, 0.3) is 0 Å². The first-order chi connectivity index (χ1) is 7.86. The number of rotatable bonds is 8. The highest BCUT2D eigenvalue weighted by atomic mass is 35.5. The molecule has 0 aromatic heterocycles. The smallest absolute Gasteiger partial charge is 0.0205 e. The van der Waals surface area contributed by atoms with Gasteiger partial charge in [0.1, 0.15) is 0 Å². The molecule has 0 saturated carbocycles. The van der Waals surface area contributed by atoms with Crippen LogP contribution in [-0.4, -0.2) is 13.1 Å². The Morgan fingerprint density at radius 1 is 0.722 bits per heavy atom. The Morgan fingerprint density at radius 3 is 1.33 bits per heavy atom. The van der Waals surface area contributed by atoms with E-state index in [1.165, 1.54) is 24.0 Å². The van der Waals surface area contributed by atoms with Gasteiger partial charge in [-0.05, 0) is 37.1 Å². The Labute approximate surface area is 124 Å². The van der Waals surface area contributed by atoms with Crippen molar-refractivity contribution in [2.45, 2.75) is 39.8 Å². The Bertz CT molecular complexity index is 247. The van der Waals surface area contributed by atoms with Crippen molar-refractivity contribution in [3.63, 3.8) is 0 Å². The van der Waals surface area contributed by atoms with Gasteiger partial charge in [-0.25, -0.2) is 0 Å². The minimum Gasteiger partial charge on any atom is -0.313 e. The van der Waals surface area contributed by atoms with Crippen molar-refractivity contribution in [3.8, 4) is 0 Å². The van der Waals surface area contributed by atoms with E-state index in [4.69, 9.17) is 0 Å². The van der Waals surface area contributed by atoms with Gasteiger partial charge < -0.3 is 10.6 Å². The summed E-state index contributed by atoms with van der Waals surface area (Å²) in [7, 11) is 0. The lowest BCUT2D eigenvalue weighted by molar-refractivity contribution is 0.669. The molecule has 0 aliphatic carbocycles. The van der Waals surface area contributed by atoms with Crippen LogP contribution in [0.2, 0.25) is 0 Å². The molecule has 1 rings (SSSR count). The highest BCUT2D eigenvalue weighted by Crippen LogP contribution is 2.04. The standard InChI is InChI=1S/C14H24N2.2ClH/c1-3-9-15-11-13-5-7-14(8-6-13)12-16-10-4-2;;/h5-8,15-16H,3-4,9-12H2,1-2H3;2*1H. The lowest BCUT2D eigenvalue weighted by atomic mass is 10.1. The second-order valence-electron chi connectivity index (χ2n) is 4.17. The maximum Gasteiger partial charge on any atom is 0.0205 e. The molecule has 0 heterocycles. The van der Waals surface area contributed by atoms with E-state index in [-0.39, 0.29) is 24.8 Å². The Balaban J connectivity index is 0. The van der Waals surface area contributed by atoms with Crippen molar-refractivity contribution in [2.75, 3.05) is 13.1 Å². The third-order valence-corrected chi connectivity index (χ3v) is 2.53. The predicted molar refractivity (Wildman–Crippen MR) is 84.9 cm³/mol. The molecular formula is C14H26Cl2N2. The van der Waals surface area contributed by atoms with Crippen molar-refractivity contribution in [3.05, 3.63) is 35.4 Å². The number of hydrogen-bond donors (Lipinski definition) is 2. The number of halogens is 2. The summed E-state index contributed by atoms with van der Waals surface area (Å²) in [5.41, 5.74) is 2.74. The summed E-state index contributed by atoms with van der Waals surface area (Å²) in [6, 6.07) is 8.86. The summed E-state index contributed by atoms with van der Waals surface area (Å²) in [5.74, 6) is 0. The van der Waals surface area contributed by atoms with Gasteiger partial charge in [0.05, 0.1) is 0 Å². The van der Waals surface area contributed by atoms with E-state index in [9.17, 15) is 0 Å². The molecule has 0 atom stereocenters. The monoisotopic (exact) mass is 292 g/mol. The largest absolute Gasteiger partial charge is 0.313 e. The van der Waals surface area contributed by atoms with E-state index < -0.39 is 0 Å². The van der Waals surface area contributed by atoms with Gasteiger partial charge in [0.2, 0.25) is 0 Å². The van der Waals surface area contributed by atoms with Crippen molar-refractivity contribution < 1.29 is 0 Å². The van der Waals surface area contributed by atoms with Crippen molar-refractivity contribution in [1.29, 1.82) is 0 Å². The summed E-state index contributed by atoms with van der Waals surface area (Å²) in [5, 5.41) is 6.81. The molecule has 0 amide bonds. The van der Waals surface area contributed by atoms with E-state index in [0.29, 0.717) is 0 Å². The second kappa shape index (κ2) is 13.2. The van der Waals surface area contributed by atoms with Crippen LogP contribution in [0.5, 0.6) is 0 Å². The molecule has 18 heavy (non-hydrogen) atoms. The zero-order valence-electron chi connectivity index (χ0n) is 11.4. The lowest BCUT2D eigenvalue weighted by Gasteiger charge is -2.06. The number of benzene rings is 1. The minimum atomic E-state index is 0. The van der Waals surface area contributed by atoms with Gasteiger partial charge in [-0.15, -0.1) is 24.8 Å². The van der Waals surface area contributed by atoms with Crippen LogP contribution in [0.3, 0.4) is 0 Å². The molecule has 1 aromatic rings. The SMILES string of the molecule is CCCNCc1ccc(CNCCC)cc1.Cl.Cl. The molecule has 2 nitrogen and oxygen atoms in total. The average Bonchev–Trinajstić information content (AvgIpc) is 2.32. The highest BCUT2D eigenvalue weighted by Gasteiger charge is 1.94. The topological polar surface area (TPSA) is 24.1 Å². The van der Waals surface area contributed by atoms with Gasteiger partial charge in [-0.1, -0.05) is 38.1 Å². The molecule has 0 aliphatic rings. The van der Waals surface area contributed by atoms with Crippen LogP contribution in [0.4, 0.5) is 0 Å². The van der Waals surface area contributed by atoms with E-state index in [2.05, 4.69) is 48.7 Å². The molecule has 0 spiro atoms. The van der Waals surface area contributed by atoms with Crippen LogP contribution in [0, 0.1) is 0 Å². The number of hydrogen-bond acceptors (Lipinski definition) is 2. The molecular weight excluding hydrogens is 267 g/mol. The van der Waals surface area contributed by atoms with Crippen LogP contribution in [0.1, 0.15) is 37.8 Å². The van der Waals surface area contributed by atoms with Gasteiger partial charge in [-0.2, -0.15) is 0 Å². The van der Waals surface area contributed by atoms with Crippen LogP contribution in [-0.2, 0) is 13.1 Å². The minimum absolute atomic E-state index is 0. The molecule has 0 bridgehead atoms. The average molecular weight is 293 g/mol. The second-order valence-corrected chi connectivity index (χ2v) is 4.17. The third kappa shape index (κ3) is 8.76. The van der Waals surface area contributed by atoms with E-state index >= 15 is 0 Å². The van der Waals surface area contributed by atoms with Gasteiger partial charge in [-0.3, -0.25) is 0 Å². The molecule has 0 radical (unpaired) electrons. The summed E-state index contributed by atoms with van der Waals surface area (Å²) >= 11 is 0. The van der Waals surface area contributed by atoms with E-state index in [1.807, 2.05) is 0 Å². The Kier molecular flexibility index (Phi) is 14.7. The van der Waals surface area contributed by atoms with Crippen molar-refractivity contribution in [2.24, 2.45) is 0 Å². The summed E-state index contributed by atoms with van der Waals surface area (Å²) in [4.78, 5) is 0. The van der Waals surface area contributed by atoms with Crippen LogP contribution >= 0.6 is 24.8 Å². The molecule has 0 unspecified atom stereocenters.